The minimum atomic E-state index is 0.0701. The van der Waals surface area contributed by atoms with Gasteiger partial charge in [0, 0.05) is 63.7 Å². The van der Waals surface area contributed by atoms with Crippen LogP contribution in [0.1, 0.15) is 18.4 Å². The van der Waals surface area contributed by atoms with Gasteiger partial charge in [-0.15, -0.1) is 0 Å². The summed E-state index contributed by atoms with van der Waals surface area (Å²) in [4.78, 5) is 21.8. The molecular formula is C19H27N3O3. The number of hydrogen-bond acceptors (Lipinski definition) is 5. The highest BCUT2D eigenvalue weighted by atomic mass is 16.5. The molecule has 3 aliphatic heterocycles. The van der Waals surface area contributed by atoms with E-state index in [1.807, 2.05) is 17.3 Å². The molecule has 1 atom stereocenters. The minimum Gasteiger partial charge on any atom is -0.381 e. The third-order valence-corrected chi connectivity index (χ3v) is 5.98. The molecule has 6 heteroatoms. The van der Waals surface area contributed by atoms with E-state index in [1.165, 1.54) is 5.56 Å². The number of carbonyl (C=O) groups is 1. The van der Waals surface area contributed by atoms with E-state index >= 15 is 0 Å². The standard InChI is InChI=1S/C19H27N3O3/c23-18(22-7-11-25-12-8-22)17-14-21(13-16-1-5-20-6-2-16)15-19(17)3-9-24-10-4-19/h1-2,5-6,17H,3-4,7-15H2/t17-/m1/s1. The van der Waals surface area contributed by atoms with Gasteiger partial charge in [0.2, 0.25) is 5.91 Å². The summed E-state index contributed by atoms with van der Waals surface area (Å²) in [6.45, 7) is 7.05. The van der Waals surface area contributed by atoms with Crippen LogP contribution in [0.3, 0.4) is 0 Å². The highest BCUT2D eigenvalue weighted by molar-refractivity contribution is 5.80. The quantitative estimate of drug-likeness (QED) is 0.823. The highest BCUT2D eigenvalue weighted by Gasteiger charge is 2.51. The molecule has 0 aliphatic carbocycles. The van der Waals surface area contributed by atoms with Crippen LogP contribution in [0, 0.1) is 11.3 Å². The molecule has 25 heavy (non-hydrogen) atoms. The van der Waals surface area contributed by atoms with Crippen molar-refractivity contribution < 1.29 is 14.3 Å². The number of morpholine rings is 1. The molecule has 6 nitrogen and oxygen atoms in total. The zero-order chi connectivity index (χ0) is 17.1. The number of likely N-dealkylation sites (tertiary alicyclic amines) is 1. The van der Waals surface area contributed by atoms with Crippen molar-refractivity contribution in [2.24, 2.45) is 11.3 Å². The number of ether oxygens (including phenoxy) is 2. The van der Waals surface area contributed by atoms with Gasteiger partial charge in [0.1, 0.15) is 0 Å². The Kier molecular flexibility index (Phi) is 5.01. The van der Waals surface area contributed by atoms with Crippen molar-refractivity contribution in [2.75, 3.05) is 52.6 Å². The second-order valence-electron chi connectivity index (χ2n) is 7.49. The van der Waals surface area contributed by atoms with Crippen molar-refractivity contribution in [1.29, 1.82) is 0 Å². The van der Waals surface area contributed by atoms with Crippen molar-refractivity contribution in [1.82, 2.24) is 14.8 Å². The Balaban J connectivity index is 1.51. The van der Waals surface area contributed by atoms with Gasteiger partial charge in [-0.1, -0.05) is 0 Å². The normalized spacial score (nSPS) is 26.9. The second-order valence-corrected chi connectivity index (χ2v) is 7.49. The molecular weight excluding hydrogens is 318 g/mol. The molecule has 0 bridgehead atoms. The smallest absolute Gasteiger partial charge is 0.227 e. The van der Waals surface area contributed by atoms with E-state index in [0.717, 1.165) is 58.8 Å². The number of amides is 1. The first kappa shape index (κ1) is 16.9. The highest BCUT2D eigenvalue weighted by Crippen LogP contribution is 2.45. The van der Waals surface area contributed by atoms with Gasteiger partial charge in [0.25, 0.3) is 0 Å². The molecule has 0 aromatic carbocycles. The van der Waals surface area contributed by atoms with E-state index in [0.29, 0.717) is 19.1 Å². The van der Waals surface area contributed by atoms with Gasteiger partial charge in [-0.2, -0.15) is 0 Å². The number of aromatic nitrogens is 1. The van der Waals surface area contributed by atoms with E-state index in [4.69, 9.17) is 9.47 Å². The lowest BCUT2D eigenvalue weighted by atomic mass is 9.71. The Morgan fingerprint density at radius 1 is 1.12 bits per heavy atom. The van der Waals surface area contributed by atoms with Crippen LogP contribution in [0.5, 0.6) is 0 Å². The summed E-state index contributed by atoms with van der Waals surface area (Å²) in [5.74, 6) is 0.402. The van der Waals surface area contributed by atoms with Crippen LogP contribution < -0.4 is 0 Å². The molecule has 1 aromatic heterocycles. The summed E-state index contributed by atoms with van der Waals surface area (Å²) in [5, 5.41) is 0. The Hall–Kier alpha value is -1.50. The number of hydrogen-bond donors (Lipinski definition) is 0. The molecule has 1 aromatic rings. The van der Waals surface area contributed by atoms with E-state index in [-0.39, 0.29) is 11.3 Å². The first-order valence-electron chi connectivity index (χ1n) is 9.32. The third-order valence-electron chi connectivity index (χ3n) is 5.98. The predicted octanol–water partition coefficient (Wildman–Crippen LogP) is 1.17. The monoisotopic (exact) mass is 345 g/mol. The summed E-state index contributed by atoms with van der Waals surface area (Å²) < 4.78 is 11.0. The number of nitrogens with zero attached hydrogens (tertiary/aromatic N) is 3. The Morgan fingerprint density at radius 2 is 1.80 bits per heavy atom. The lowest BCUT2D eigenvalue weighted by molar-refractivity contribution is -0.144. The predicted molar refractivity (Wildman–Crippen MR) is 92.9 cm³/mol. The van der Waals surface area contributed by atoms with Gasteiger partial charge >= 0.3 is 0 Å². The van der Waals surface area contributed by atoms with E-state index in [9.17, 15) is 4.79 Å². The van der Waals surface area contributed by atoms with Crippen LogP contribution in [-0.4, -0.2) is 73.3 Å². The van der Waals surface area contributed by atoms with Crippen LogP contribution >= 0.6 is 0 Å². The maximum Gasteiger partial charge on any atom is 0.227 e. The summed E-state index contributed by atoms with van der Waals surface area (Å²) in [5.41, 5.74) is 1.33. The zero-order valence-electron chi connectivity index (χ0n) is 14.7. The van der Waals surface area contributed by atoms with Crippen LogP contribution in [0.2, 0.25) is 0 Å². The van der Waals surface area contributed by atoms with Crippen LogP contribution in [0.15, 0.2) is 24.5 Å². The molecule has 1 amide bonds. The summed E-state index contributed by atoms with van der Waals surface area (Å²) in [6.07, 6.45) is 5.65. The molecule has 4 rings (SSSR count). The SMILES string of the molecule is O=C([C@H]1CN(Cc2ccncc2)CC12CCOCC2)N1CCOCC1. The average molecular weight is 345 g/mol. The summed E-state index contributed by atoms with van der Waals surface area (Å²) >= 11 is 0. The van der Waals surface area contributed by atoms with Gasteiger partial charge in [-0.3, -0.25) is 14.7 Å². The second kappa shape index (κ2) is 7.40. The number of pyridine rings is 1. The summed E-state index contributed by atoms with van der Waals surface area (Å²) in [7, 11) is 0. The molecule has 0 unspecified atom stereocenters. The molecule has 1 spiro atoms. The summed E-state index contributed by atoms with van der Waals surface area (Å²) in [6, 6.07) is 4.13. The molecule has 4 heterocycles. The van der Waals surface area contributed by atoms with Gasteiger partial charge in [-0.05, 0) is 30.5 Å². The van der Waals surface area contributed by atoms with Gasteiger partial charge in [0.05, 0.1) is 19.1 Å². The van der Waals surface area contributed by atoms with Crippen molar-refractivity contribution in [3.8, 4) is 0 Å². The van der Waals surface area contributed by atoms with Crippen molar-refractivity contribution in [3.63, 3.8) is 0 Å². The number of rotatable bonds is 3. The largest absolute Gasteiger partial charge is 0.381 e. The van der Waals surface area contributed by atoms with Gasteiger partial charge in [-0.25, -0.2) is 0 Å². The van der Waals surface area contributed by atoms with E-state index < -0.39 is 0 Å². The van der Waals surface area contributed by atoms with Crippen LogP contribution in [-0.2, 0) is 20.8 Å². The van der Waals surface area contributed by atoms with Gasteiger partial charge in [0.15, 0.2) is 0 Å². The Bertz CT molecular complexity index is 583. The average Bonchev–Trinajstić information content (AvgIpc) is 3.00. The molecule has 0 saturated carbocycles. The fourth-order valence-corrected chi connectivity index (χ4v) is 4.57. The lowest BCUT2D eigenvalue weighted by Crippen LogP contribution is -2.49. The Labute approximate surface area is 149 Å². The van der Waals surface area contributed by atoms with Crippen LogP contribution in [0.4, 0.5) is 0 Å². The Morgan fingerprint density at radius 3 is 2.52 bits per heavy atom. The molecule has 3 saturated heterocycles. The third kappa shape index (κ3) is 3.57. The molecule has 3 fully saturated rings. The lowest BCUT2D eigenvalue weighted by Gasteiger charge is -2.40. The molecule has 3 aliphatic rings. The fraction of sp³-hybridized carbons (Fsp3) is 0.684. The topological polar surface area (TPSA) is 54.9 Å². The first-order valence-corrected chi connectivity index (χ1v) is 9.32. The van der Waals surface area contributed by atoms with Crippen molar-refractivity contribution in [3.05, 3.63) is 30.1 Å². The van der Waals surface area contributed by atoms with Crippen LogP contribution in [0.25, 0.3) is 0 Å². The maximum atomic E-state index is 13.3. The molecule has 0 N–H and O–H groups in total. The minimum absolute atomic E-state index is 0.0701. The van der Waals surface area contributed by atoms with Crippen molar-refractivity contribution >= 4 is 5.91 Å². The maximum absolute atomic E-state index is 13.3. The first-order chi connectivity index (χ1) is 12.3. The fourth-order valence-electron chi connectivity index (χ4n) is 4.57. The van der Waals surface area contributed by atoms with E-state index in [1.54, 1.807) is 0 Å². The van der Waals surface area contributed by atoms with Crippen molar-refractivity contribution in [2.45, 2.75) is 19.4 Å². The van der Waals surface area contributed by atoms with E-state index in [2.05, 4.69) is 22.0 Å². The zero-order valence-corrected chi connectivity index (χ0v) is 14.7. The number of carbonyl (C=O) groups excluding carboxylic acids is 1. The molecule has 136 valence electrons. The molecule has 0 radical (unpaired) electrons. The van der Waals surface area contributed by atoms with Gasteiger partial charge < -0.3 is 14.4 Å².